The molecule has 20 heavy (non-hydrogen) atoms. The lowest BCUT2D eigenvalue weighted by molar-refractivity contribution is -0.139. The van der Waals surface area contributed by atoms with E-state index in [0.717, 1.165) is 27.5 Å². The predicted octanol–water partition coefficient (Wildman–Crippen LogP) is 3.28. The number of ether oxygens (including phenoxy) is 1. The van der Waals surface area contributed by atoms with Gasteiger partial charge in [0.1, 0.15) is 5.92 Å². The molecule has 0 saturated carbocycles. The number of nitrogens with zero attached hydrogens (tertiary/aromatic N) is 1. The van der Waals surface area contributed by atoms with Crippen molar-refractivity contribution in [3.05, 3.63) is 43.3 Å². The summed E-state index contributed by atoms with van der Waals surface area (Å²) in [6, 6.07) is 6.62. The van der Waals surface area contributed by atoms with Crippen molar-refractivity contribution < 1.29 is 9.53 Å². The molecule has 3 rings (SSSR count). The van der Waals surface area contributed by atoms with E-state index in [1.165, 1.54) is 18.2 Å². The molecule has 102 valence electrons. The normalized spacial score (nSPS) is 16.7. The maximum atomic E-state index is 11.4. The number of carbonyl (C=O) groups excluding carboxylic acids is 1. The summed E-state index contributed by atoms with van der Waals surface area (Å²) in [5.41, 5.74) is 2.50. The summed E-state index contributed by atoms with van der Waals surface area (Å²) < 4.78 is 4.71. The van der Waals surface area contributed by atoms with Crippen LogP contribution in [0.5, 0.6) is 0 Å². The molecule has 0 bridgehead atoms. The first-order chi connectivity index (χ1) is 9.72. The molecule has 1 atom stereocenters. The second-order valence-electron chi connectivity index (χ2n) is 4.73. The van der Waals surface area contributed by atoms with Gasteiger partial charge in [-0.15, -0.1) is 22.7 Å². The number of rotatable bonds is 2. The third kappa shape index (κ3) is 2.26. The van der Waals surface area contributed by atoms with Crippen LogP contribution in [-0.4, -0.2) is 13.1 Å². The number of aryl methyl sites for hydroxylation is 2. The first-order valence-electron chi connectivity index (χ1n) is 6.37. The molecule has 2 aromatic heterocycles. The van der Waals surface area contributed by atoms with Crippen LogP contribution in [-0.2, 0) is 28.8 Å². The van der Waals surface area contributed by atoms with Crippen LogP contribution < -0.4 is 0 Å². The lowest BCUT2D eigenvalue weighted by atomic mass is 10.0. The van der Waals surface area contributed by atoms with E-state index in [9.17, 15) is 10.1 Å². The lowest BCUT2D eigenvalue weighted by Gasteiger charge is -2.05. The van der Waals surface area contributed by atoms with Crippen LogP contribution in [0.3, 0.4) is 0 Å². The first kappa shape index (κ1) is 13.3. The van der Waals surface area contributed by atoms with Gasteiger partial charge in [0.25, 0.3) is 0 Å². The van der Waals surface area contributed by atoms with Gasteiger partial charge in [-0.05, 0) is 41.5 Å². The highest BCUT2D eigenvalue weighted by molar-refractivity contribution is 7.13. The third-order valence-corrected chi connectivity index (χ3v) is 5.80. The van der Waals surface area contributed by atoms with Crippen molar-refractivity contribution in [3.63, 3.8) is 0 Å². The third-order valence-electron chi connectivity index (χ3n) is 3.54. The number of fused-ring (bicyclic) bond motifs is 2. The monoisotopic (exact) mass is 303 g/mol. The van der Waals surface area contributed by atoms with Crippen LogP contribution in [0.2, 0.25) is 0 Å². The average Bonchev–Trinajstić information content (AvgIpc) is 3.03. The highest BCUT2D eigenvalue weighted by atomic mass is 32.1. The molecule has 0 aliphatic heterocycles. The van der Waals surface area contributed by atoms with Gasteiger partial charge in [0.05, 0.1) is 19.6 Å². The summed E-state index contributed by atoms with van der Waals surface area (Å²) in [5.74, 6) is -0.411. The highest BCUT2D eigenvalue weighted by Crippen LogP contribution is 2.41. The van der Waals surface area contributed by atoms with Gasteiger partial charge < -0.3 is 4.74 Å². The van der Waals surface area contributed by atoms with Crippen molar-refractivity contribution >= 4 is 28.6 Å². The van der Waals surface area contributed by atoms with E-state index >= 15 is 0 Å². The number of methoxy groups -OCH3 is 1. The van der Waals surface area contributed by atoms with Crippen molar-refractivity contribution in [1.29, 1.82) is 5.26 Å². The Balaban J connectivity index is 2.00. The minimum atomic E-state index is -0.230. The second-order valence-corrected chi connectivity index (χ2v) is 6.84. The van der Waals surface area contributed by atoms with Crippen LogP contribution in [0, 0.1) is 11.3 Å². The summed E-state index contributed by atoms with van der Waals surface area (Å²) in [6.07, 6.45) is 2.21. The van der Waals surface area contributed by atoms with Crippen molar-refractivity contribution in [1.82, 2.24) is 0 Å². The van der Waals surface area contributed by atoms with E-state index in [1.807, 2.05) is 0 Å². The van der Waals surface area contributed by atoms with Crippen molar-refractivity contribution in [3.8, 4) is 6.07 Å². The fourth-order valence-electron chi connectivity index (χ4n) is 2.56. The van der Waals surface area contributed by atoms with Crippen LogP contribution in [0.1, 0.15) is 31.7 Å². The zero-order chi connectivity index (χ0) is 14.1. The van der Waals surface area contributed by atoms with E-state index < -0.39 is 0 Å². The van der Waals surface area contributed by atoms with Gasteiger partial charge in [-0.1, -0.05) is 0 Å². The molecular formula is C15H13NO2S2. The molecule has 3 nitrogen and oxygen atoms in total. The SMILES string of the molecule is COC(=O)Cc1cc2c(s1)C(C#N)c1sccc1CC2. The molecule has 5 heteroatoms. The lowest BCUT2D eigenvalue weighted by Crippen LogP contribution is -2.02. The topological polar surface area (TPSA) is 50.1 Å². The van der Waals surface area contributed by atoms with E-state index in [2.05, 4.69) is 23.6 Å². The van der Waals surface area contributed by atoms with Gasteiger partial charge in [0.2, 0.25) is 0 Å². The van der Waals surface area contributed by atoms with Crippen molar-refractivity contribution in [2.75, 3.05) is 7.11 Å². The molecular weight excluding hydrogens is 290 g/mol. The predicted molar refractivity (Wildman–Crippen MR) is 79.2 cm³/mol. The van der Waals surface area contributed by atoms with E-state index in [1.54, 1.807) is 22.7 Å². The molecule has 0 saturated heterocycles. The fraction of sp³-hybridized carbons (Fsp3) is 0.333. The first-order valence-corrected chi connectivity index (χ1v) is 8.06. The molecule has 0 radical (unpaired) electrons. The maximum absolute atomic E-state index is 11.4. The summed E-state index contributed by atoms with van der Waals surface area (Å²) in [7, 11) is 1.40. The molecule has 0 N–H and O–H groups in total. The van der Waals surface area contributed by atoms with Gasteiger partial charge in [0.15, 0.2) is 0 Å². The Hall–Kier alpha value is -1.64. The number of nitriles is 1. The zero-order valence-electron chi connectivity index (χ0n) is 11.0. The van der Waals surface area contributed by atoms with Crippen molar-refractivity contribution in [2.24, 2.45) is 0 Å². The average molecular weight is 303 g/mol. The molecule has 1 unspecified atom stereocenters. The smallest absolute Gasteiger partial charge is 0.310 e. The van der Waals surface area contributed by atoms with Crippen LogP contribution in [0.4, 0.5) is 0 Å². The number of hydrogen-bond acceptors (Lipinski definition) is 5. The van der Waals surface area contributed by atoms with Crippen LogP contribution >= 0.6 is 22.7 Å². The summed E-state index contributed by atoms with van der Waals surface area (Å²) in [5, 5.41) is 11.6. The maximum Gasteiger partial charge on any atom is 0.310 e. The zero-order valence-corrected chi connectivity index (χ0v) is 12.6. The summed E-state index contributed by atoms with van der Waals surface area (Å²) in [6.45, 7) is 0. The van der Waals surface area contributed by atoms with Crippen molar-refractivity contribution in [2.45, 2.75) is 25.2 Å². The molecule has 2 heterocycles. The van der Waals surface area contributed by atoms with Crippen LogP contribution in [0.25, 0.3) is 0 Å². The number of hydrogen-bond donors (Lipinski definition) is 0. The van der Waals surface area contributed by atoms with Gasteiger partial charge >= 0.3 is 5.97 Å². The second kappa shape index (κ2) is 5.39. The quantitative estimate of drug-likeness (QED) is 0.800. The standard InChI is InChI=1S/C15H13NO2S2/c1-18-13(17)7-11-6-10-3-2-9-4-5-19-14(9)12(8-16)15(10)20-11/h4-6,12H,2-3,7H2,1H3. The van der Waals surface area contributed by atoms with Crippen LogP contribution in [0.15, 0.2) is 17.5 Å². The Labute approximate surface area is 125 Å². The van der Waals surface area contributed by atoms with Gasteiger partial charge in [-0.25, -0.2) is 0 Å². The number of carbonyl (C=O) groups is 1. The molecule has 0 aromatic carbocycles. The molecule has 0 fully saturated rings. The van der Waals surface area contributed by atoms with E-state index in [0.29, 0.717) is 6.42 Å². The summed E-state index contributed by atoms with van der Waals surface area (Å²) in [4.78, 5) is 14.6. The van der Waals surface area contributed by atoms with E-state index in [-0.39, 0.29) is 11.9 Å². The minimum Gasteiger partial charge on any atom is -0.469 e. The van der Waals surface area contributed by atoms with Gasteiger partial charge in [-0.2, -0.15) is 5.26 Å². The molecule has 2 aromatic rings. The molecule has 0 spiro atoms. The Kier molecular flexibility index (Phi) is 3.60. The summed E-state index contributed by atoms with van der Waals surface area (Å²) >= 11 is 3.23. The van der Waals surface area contributed by atoms with Gasteiger partial charge in [-0.3, -0.25) is 4.79 Å². The Bertz CT molecular complexity index is 693. The largest absolute Gasteiger partial charge is 0.469 e. The minimum absolute atomic E-state index is 0.182. The molecule has 1 aliphatic rings. The van der Waals surface area contributed by atoms with E-state index in [4.69, 9.17) is 4.74 Å². The Morgan fingerprint density at radius 2 is 2.25 bits per heavy atom. The van der Waals surface area contributed by atoms with Gasteiger partial charge in [0, 0.05) is 14.6 Å². The Morgan fingerprint density at radius 1 is 1.45 bits per heavy atom. The molecule has 1 aliphatic carbocycles. The fourth-order valence-corrected chi connectivity index (χ4v) is 4.89. The highest BCUT2D eigenvalue weighted by Gasteiger charge is 2.27. The number of thiophene rings is 2. The Morgan fingerprint density at radius 3 is 3.00 bits per heavy atom. The number of esters is 1. The molecule has 0 amide bonds.